The van der Waals surface area contributed by atoms with Crippen LogP contribution < -0.4 is 4.90 Å². The summed E-state index contributed by atoms with van der Waals surface area (Å²) >= 11 is 0. The fourth-order valence-corrected chi connectivity index (χ4v) is 2.30. The summed E-state index contributed by atoms with van der Waals surface area (Å²) in [6.45, 7) is 3.06. The molecule has 1 heterocycles. The van der Waals surface area contributed by atoms with Crippen LogP contribution in [0, 0.1) is 11.3 Å². The van der Waals surface area contributed by atoms with Crippen molar-refractivity contribution < 1.29 is 9.90 Å². The number of hydrogen-bond donors (Lipinski definition) is 1. The monoisotopic (exact) mass is 230 g/mol. The summed E-state index contributed by atoms with van der Waals surface area (Å²) in [6.07, 6.45) is 2.23. The Labute approximate surface area is 100 Å². The Morgan fingerprint density at radius 1 is 1.59 bits per heavy atom. The first-order valence-corrected chi connectivity index (χ1v) is 5.67. The van der Waals surface area contributed by atoms with E-state index < -0.39 is 5.97 Å². The van der Waals surface area contributed by atoms with Gasteiger partial charge in [-0.15, -0.1) is 0 Å². The molecule has 1 aromatic rings. The number of rotatable bonds is 2. The molecule has 0 aromatic heterocycles. The second-order valence-electron chi connectivity index (χ2n) is 4.33. The van der Waals surface area contributed by atoms with Crippen molar-refractivity contribution in [3.63, 3.8) is 0 Å². The molecule has 0 spiro atoms. The molecule has 1 aromatic carbocycles. The lowest BCUT2D eigenvalue weighted by molar-refractivity contribution is 0.0697. The predicted molar refractivity (Wildman–Crippen MR) is 64.2 cm³/mol. The fraction of sp³-hybridized carbons (Fsp3) is 0.385. The molecule has 88 valence electrons. The number of benzene rings is 1. The Hall–Kier alpha value is -2.02. The van der Waals surface area contributed by atoms with Gasteiger partial charge in [0.25, 0.3) is 0 Å². The lowest BCUT2D eigenvalue weighted by Crippen LogP contribution is -2.27. The fourth-order valence-electron chi connectivity index (χ4n) is 2.30. The van der Waals surface area contributed by atoms with Crippen molar-refractivity contribution in [2.75, 3.05) is 11.4 Å². The van der Waals surface area contributed by atoms with Gasteiger partial charge in [-0.3, -0.25) is 0 Å². The van der Waals surface area contributed by atoms with Gasteiger partial charge in [0.1, 0.15) is 6.07 Å². The molecule has 1 aliphatic heterocycles. The second kappa shape index (κ2) is 4.46. The first kappa shape index (κ1) is 11.5. The molecule has 1 aliphatic rings. The summed E-state index contributed by atoms with van der Waals surface area (Å²) in [4.78, 5) is 13.0. The molecule has 1 saturated heterocycles. The average molecular weight is 230 g/mol. The maximum Gasteiger partial charge on any atom is 0.335 e. The van der Waals surface area contributed by atoms with E-state index in [1.54, 1.807) is 12.1 Å². The maximum atomic E-state index is 10.8. The number of carbonyl (C=O) groups is 1. The van der Waals surface area contributed by atoms with Crippen molar-refractivity contribution in [2.45, 2.75) is 25.8 Å². The molecule has 4 nitrogen and oxygen atoms in total. The first-order chi connectivity index (χ1) is 8.13. The second-order valence-corrected chi connectivity index (χ2v) is 4.33. The zero-order valence-corrected chi connectivity index (χ0v) is 9.68. The van der Waals surface area contributed by atoms with Crippen LogP contribution in [-0.4, -0.2) is 23.7 Å². The minimum Gasteiger partial charge on any atom is -0.478 e. The van der Waals surface area contributed by atoms with E-state index >= 15 is 0 Å². The van der Waals surface area contributed by atoms with E-state index in [2.05, 4.69) is 17.9 Å². The molecule has 1 fully saturated rings. The van der Waals surface area contributed by atoms with Crippen molar-refractivity contribution in [1.82, 2.24) is 0 Å². The van der Waals surface area contributed by atoms with E-state index in [1.807, 2.05) is 0 Å². The van der Waals surface area contributed by atoms with Crippen LogP contribution in [0.2, 0.25) is 0 Å². The Morgan fingerprint density at radius 2 is 2.35 bits per heavy atom. The molecule has 4 heteroatoms. The third kappa shape index (κ3) is 2.09. The molecular formula is C13H14N2O2. The van der Waals surface area contributed by atoms with E-state index in [4.69, 9.17) is 10.4 Å². The van der Waals surface area contributed by atoms with Gasteiger partial charge in [0.15, 0.2) is 0 Å². The van der Waals surface area contributed by atoms with E-state index in [9.17, 15) is 4.79 Å². The van der Waals surface area contributed by atoms with Crippen LogP contribution in [0.25, 0.3) is 0 Å². The zero-order chi connectivity index (χ0) is 12.4. The van der Waals surface area contributed by atoms with Gasteiger partial charge in [0, 0.05) is 12.6 Å². The largest absolute Gasteiger partial charge is 0.478 e. The molecule has 0 bridgehead atoms. The van der Waals surface area contributed by atoms with Crippen LogP contribution in [-0.2, 0) is 0 Å². The SMILES string of the molecule is CC1CCCN1c1ccc(C(=O)O)cc1C#N. The van der Waals surface area contributed by atoms with E-state index in [1.165, 1.54) is 6.07 Å². The number of carboxylic acid groups (broad SMARTS) is 1. The molecule has 17 heavy (non-hydrogen) atoms. The topological polar surface area (TPSA) is 64.3 Å². The quantitative estimate of drug-likeness (QED) is 0.846. The lowest BCUT2D eigenvalue weighted by atomic mass is 10.1. The molecule has 0 radical (unpaired) electrons. The normalized spacial score (nSPS) is 19.1. The van der Waals surface area contributed by atoms with Crippen molar-refractivity contribution in [3.8, 4) is 6.07 Å². The summed E-state index contributed by atoms with van der Waals surface area (Å²) in [5, 5.41) is 18.0. The highest BCUT2D eigenvalue weighted by Crippen LogP contribution is 2.28. The Morgan fingerprint density at radius 3 is 2.88 bits per heavy atom. The van der Waals surface area contributed by atoms with Gasteiger partial charge in [0.2, 0.25) is 0 Å². The van der Waals surface area contributed by atoms with Crippen LogP contribution in [0.15, 0.2) is 18.2 Å². The Balaban J connectivity index is 2.41. The minimum absolute atomic E-state index is 0.164. The molecule has 0 aliphatic carbocycles. The molecule has 0 amide bonds. The third-order valence-electron chi connectivity index (χ3n) is 3.23. The highest BCUT2D eigenvalue weighted by Gasteiger charge is 2.23. The van der Waals surface area contributed by atoms with Crippen LogP contribution in [0.3, 0.4) is 0 Å². The number of anilines is 1. The standard InChI is InChI=1S/C13H14N2O2/c1-9-3-2-6-15(9)12-5-4-10(13(16)17)7-11(12)8-14/h4-5,7,9H,2-3,6H2,1H3,(H,16,17). The number of hydrogen-bond acceptors (Lipinski definition) is 3. The molecule has 1 N–H and O–H groups in total. The van der Waals surface area contributed by atoms with Crippen LogP contribution in [0.1, 0.15) is 35.7 Å². The van der Waals surface area contributed by atoms with E-state index in [0.29, 0.717) is 11.6 Å². The van der Waals surface area contributed by atoms with Crippen molar-refractivity contribution >= 4 is 11.7 Å². The zero-order valence-electron chi connectivity index (χ0n) is 9.68. The summed E-state index contributed by atoms with van der Waals surface area (Å²) in [7, 11) is 0. The van der Waals surface area contributed by atoms with Crippen LogP contribution in [0.5, 0.6) is 0 Å². The van der Waals surface area contributed by atoms with Gasteiger partial charge in [-0.1, -0.05) is 0 Å². The highest BCUT2D eigenvalue weighted by molar-refractivity contribution is 5.89. The smallest absolute Gasteiger partial charge is 0.335 e. The third-order valence-corrected chi connectivity index (χ3v) is 3.23. The number of nitriles is 1. The number of aromatic carboxylic acids is 1. The average Bonchev–Trinajstić information content (AvgIpc) is 2.74. The predicted octanol–water partition coefficient (Wildman–Crippen LogP) is 2.25. The van der Waals surface area contributed by atoms with Crippen molar-refractivity contribution in [2.24, 2.45) is 0 Å². The van der Waals surface area contributed by atoms with Crippen LogP contribution >= 0.6 is 0 Å². The van der Waals surface area contributed by atoms with Gasteiger partial charge in [-0.05, 0) is 38.0 Å². The lowest BCUT2D eigenvalue weighted by Gasteiger charge is -2.24. The molecule has 0 saturated carbocycles. The van der Waals surface area contributed by atoms with Gasteiger partial charge in [0.05, 0.1) is 16.8 Å². The first-order valence-electron chi connectivity index (χ1n) is 5.67. The minimum atomic E-state index is -0.998. The molecule has 1 unspecified atom stereocenters. The maximum absolute atomic E-state index is 10.8. The van der Waals surface area contributed by atoms with Gasteiger partial charge in [-0.25, -0.2) is 4.79 Å². The Bertz CT molecular complexity index is 491. The van der Waals surface area contributed by atoms with Gasteiger partial charge < -0.3 is 10.0 Å². The molecular weight excluding hydrogens is 216 g/mol. The number of nitrogens with zero attached hydrogens (tertiary/aromatic N) is 2. The van der Waals surface area contributed by atoms with Crippen LogP contribution in [0.4, 0.5) is 5.69 Å². The van der Waals surface area contributed by atoms with E-state index in [-0.39, 0.29) is 5.56 Å². The Kier molecular flexibility index (Phi) is 3.01. The number of carboxylic acids is 1. The van der Waals surface area contributed by atoms with Gasteiger partial charge in [-0.2, -0.15) is 5.26 Å². The van der Waals surface area contributed by atoms with Gasteiger partial charge >= 0.3 is 5.97 Å². The highest BCUT2D eigenvalue weighted by atomic mass is 16.4. The van der Waals surface area contributed by atoms with E-state index in [0.717, 1.165) is 25.1 Å². The van der Waals surface area contributed by atoms with Crippen molar-refractivity contribution in [3.05, 3.63) is 29.3 Å². The summed E-state index contributed by atoms with van der Waals surface area (Å²) in [5.41, 5.74) is 1.46. The van der Waals surface area contributed by atoms with Crippen molar-refractivity contribution in [1.29, 1.82) is 5.26 Å². The molecule has 1 atom stereocenters. The summed E-state index contributed by atoms with van der Waals surface area (Å²) in [6, 6.07) is 7.24. The summed E-state index contributed by atoms with van der Waals surface area (Å²) in [5.74, 6) is -0.998. The molecule has 2 rings (SSSR count). The summed E-state index contributed by atoms with van der Waals surface area (Å²) < 4.78 is 0.